The number of H-pyrrole nitrogens is 1. The van der Waals surface area contributed by atoms with Crippen molar-refractivity contribution in [2.75, 3.05) is 26.2 Å². The molecule has 1 fully saturated rings. The van der Waals surface area contributed by atoms with Gasteiger partial charge >= 0.3 is 0 Å². The average Bonchev–Trinajstić information content (AvgIpc) is 3.46. The topological polar surface area (TPSA) is 115 Å². The van der Waals surface area contributed by atoms with E-state index in [2.05, 4.69) is 24.1 Å². The summed E-state index contributed by atoms with van der Waals surface area (Å²) in [5.41, 5.74) is 2.55. The van der Waals surface area contributed by atoms with Crippen LogP contribution < -0.4 is 5.32 Å². The first-order valence-corrected chi connectivity index (χ1v) is 14.7. The van der Waals surface area contributed by atoms with Gasteiger partial charge in [0.25, 0.3) is 23.5 Å². The van der Waals surface area contributed by atoms with Crippen LogP contribution in [0, 0.1) is 11.7 Å². The molecule has 4 aromatic rings. The number of ketones is 1. The Labute approximate surface area is 253 Å². The lowest BCUT2D eigenvalue weighted by atomic mass is 9.87. The smallest absolute Gasteiger partial charge is 0.295 e. The number of hydrogen-bond donors (Lipinski definition) is 2. The number of amides is 3. The minimum Gasteiger partial charge on any atom is -0.360 e. The molecule has 3 aromatic carbocycles. The highest BCUT2D eigenvalue weighted by molar-refractivity contribution is 6.45. The number of aliphatic imine (C=N–C) groups is 1. The van der Waals surface area contributed by atoms with Gasteiger partial charge in [0.1, 0.15) is 11.7 Å². The number of amidine groups is 1. The summed E-state index contributed by atoms with van der Waals surface area (Å²) in [5, 5.41) is 2.77. The van der Waals surface area contributed by atoms with Crippen molar-refractivity contribution in [2.45, 2.75) is 26.2 Å². The first-order chi connectivity index (χ1) is 21.2. The van der Waals surface area contributed by atoms with E-state index in [1.165, 1.54) is 17.2 Å². The lowest BCUT2D eigenvalue weighted by molar-refractivity contribution is -0.127. The summed E-state index contributed by atoms with van der Waals surface area (Å²) in [4.78, 5) is 63.4. The van der Waals surface area contributed by atoms with Gasteiger partial charge in [0.2, 0.25) is 0 Å². The molecular formula is C34H32FN5O4. The number of halogens is 1. The van der Waals surface area contributed by atoms with Crippen molar-refractivity contribution < 1.29 is 23.6 Å². The quantitative estimate of drug-likeness (QED) is 0.254. The van der Waals surface area contributed by atoms with Gasteiger partial charge < -0.3 is 20.1 Å². The maximum absolute atomic E-state index is 15.2. The molecule has 6 rings (SSSR count). The number of carbonyl (C=O) groups is 4. The predicted molar refractivity (Wildman–Crippen MR) is 165 cm³/mol. The molecule has 0 bridgehead atoms. The fraction of sp³-hybridized carbons (Fsp3) is 0.265. The van der Waals surface area contributed by atoms with Crippen LogP contribution in [0.25, 0.3) is 10.9 Å². The van der Waals surface area contributed by atoms with Gasteiger partial charge in [-0.05, 0) is 47.7 Å². The van der Waals surface area contributed by atoms with Crippen LogP contribution in [0.2, 0.25) is 0 Å². The molecule has 3 amide bonds. The zero-order valence-electron chi connectivity index (χ0n) is 24.5. The van der Waals surface area contributed by atoms with Crippen molar-refractivity contribution in [2.24, 2.45) is 10.9 Å². The molecule has 224 valence electrons. The Morgan fingerprint density at radius 3 is 2.30 bits per heavy atom. The summed E-state index contributed by atoms with van der Waals surface area (Å²) in [6.45, 7) is 5.12. The summed E-state index contributed by atoms with van der Waals surface area (Å²) in [7, 11) is 0. The monoisotopic (exact) mass is 593 g/mol. The lowest BCUT2D eigenvalue weighted by Crippen LogP contribution is -2.52. The van der Waals surface area contributed by atoms with Crippen LogP contribution in [0.3, 0.4) is 0 Å². The van der Waals surface area contributed by atoms with Gasteiger partial charge in [-0.25, -0.2) is 9.38 Å². The van der Waals surface area contributed by atoms with Crippen LogP contribution in [0.5, 0.6) is 0 Å². The Bertz CT molecular complexity index is 1810. The zero-order valence-corrected chi connectivity index (χ0v) is 24.5. The molecule has 2 unspecified atom stereocenters. The minimum atomic E-state index is -0.886. The highest BCUT2D eigenvalue weighted by Crippen LogP contribution is 2.36. The molecule has 0 radical (unpaired) electrons. The van der Waals surface area contributed by atoms with E-state index in [4.69, 9.17) is 4.99 Å². The summed E-state index contributed by atoms with van der Waals surface area (Å²) in [5.74, 6) is -2.09. The van der Waals surface area contributed by atoms with Crippen LogP contribution in [-0.4, -0.2) is 70.3 Å². The van der Waals surface area contributed by atoms with Crippen LogP contribution in [0.15, 0.2) is 77.9 Å². The number of nitrogens with zero attached hydrogens (tertiary/aromatic N) is 3. The van der Waals surface area contributed by atoms with Gasteiger partial charge in [0, 0.05) is 49.7 Å². The van der Waals surface area contributed by atoms with E-state index in [9.17, 15) is 19.2 Å². The highest BCUT2D eigenvalue weighted by Gasteiger charge is 2.32. The van der Waals surface area contributed by atoms with Gasteiger partial charge in [-0.3, -0.25) is 19.2 Å². The second-order valence-electron chi connectivity index (χ2n) is 11.4. The van der Waals surface area contributed by atoms with Gasteiger partial charge in [-0.2, -0.15) is 0 Å². The fourth-order valence-corrected chi connectivity index (χ4v) is 5.94. The normalized spacial score (nSPS) is 18.3. The maximum atomic E-state index is 15.2. The van der Waals surface area contributed by atoms with Crippen molar-refractivity contribution >= 4 is 45.9 Å². The summed E-state index contributed by atoms with van der Waals surface area (Å²) >= 11 is 0. The zero-order chi connectivity index (χ0) is 31.0. The number of Topliss-reactive ketones (excluding diaryl/α,β-unsaturated/α-hetero) is 1. The Kier molecular flexibility index (Phi) is 7.82. The third-order valence-electron chi connectivity index (χ3n) is 8.65. The second kappa shape index (κ2) is 11.9. The third kappa shape index (κ3) is 5.39. The van der Waals surface area contributed by atoms with E-state index in [0.717, 1.165) is 17.3 Å². The van der Waals surface area contributed by atoms with Crippen molar-refractivity contribution in [3.63, 3.8) is 0 Å². The molecule has 9 nitrogen and oxygen atoms in total. The molecule has 2 N–H and O–H groups in total. The number of piperazine rings is 1. The van der Waals surface area contributed by atoms with Crippen LogP contribution in [0.4, 0.5) is 10.1 Å². The first kappa shape index (κ1) is 29.0. The molecule has 44 heavy (non-hydrogen) atoms. The third-order valence-corrected chi connectivity index (χ3v) is 8.65. The Balaban J connectivity index is 1.19. The number of rotatable bonds is 4. The van der Waals surface area contributed by atoms with Crippen molar-refractivity contribution in [1.82, 2.24) is 20.1 Å². The number of hydrogen-bond acceptors (Lipinski definition) is 5. The standard InChI is InChI=1S/C34H32FN5O4/c1-20-18-28(37-27-11-7-6-10-23(27)21(20)2)38-32(42)24-12-13-26(35)29-25(19-36-30(24)29)31(41)34(44)40-16-14-39(15-17-40)33(43)22-8-4-3-5-9-22/h3-13,19-21,36H,14-18H2,1-2H3,(H,37,38,42). The number of aromatic amines is 1. The molecule has 2 aliphatic heterocycles. The van der Waals surface area contributed by atoms with Crippen LogP contribution in [0.1, 0.15) is 62.8 Å². The summed E-state index contributed by atoms with van der Waals surface area (Å²) < 4.78 is 15.2. The van der Waals surface area contributed by atoms with E-state index < -0.39 is 23.4 Å². The van der Waals surface area contributed by atoms with E-state index >= 15 is 4.39 Å². The molecule has 0 saturated carbocycles. The van der Waals surface area contributed by atoms with E-state index in [1.807, 2.05) is 30.3 Å². The first-order valence-electron chi connectivity index (χ1n) is 14.7. The number of nitrogens with one attached hydrogen (secondary N) is 2. The number of carbonyl (C=O) groups excluding carboxylic acids is 4. The number of benzene rings is 3. The summed E-state index contributed by atoms with van der Waals surface area (Å²) in [6, 6.07) is 19.1. The molecule has 1 saturated heterocycles. The molecule has 2 aliphatic rings. The fourth-order valence-electron chi connectivity index (χ4n) is 5.94. The number of aromatic nitrogens is 1. The SMILES string of the molecule is CC1CC(NC(=O)c2ccc(F)c3c(C(=O)C(=O)N4CCN(C(=O)c5ccccc5)CC4)c[nH]c23)=Nc2ccccc2C1C. The van der Waals surface area contributed by atoms with Gasteiger partial charge in [0.15, 0.2) is 0 Å². The number of fused-ring (bicyclic) bond motifs is 2. The molecule has 0 spiro atoms. The Morgan fingerprint density at radius 1 is 0.864 bits per heavy atom. The second-order valence-corrected chi connectivity index (χ2v) is 11.4. The van der Waals surface area contributed by atoms with Crippen molar-refractivity contribution in [3.05, 3.63) is 101 Å². The molecule has 2 atom stereocenters. The van der Waals surface area contributed by atoms with Crippen molar-refractivity contribution in [1.29, 1.82) is 0 Å². The van der Waals surface area contributed by atoms with E-state index in [-0.39, 0.29) is 66.0 Å². The number of para-hydroxylation sites is 1. The lowest BCUT2D eigenvalue weighted by Gasteiger charge is -2.34. The maximum Gasteiger partial charge on any atom is 0.295 e. The minimum absolute atomic E-state index is 0.118. The molecule has 3 heterocycles. The van der Waals surface area contributed by atoms with Crippen molar-refractivity contribution in [3.8, 4) is 0 Å². The van der Waals surface area contributed by atoms with Crippen LogP contribution in [-0.2, 0) is 4.79 Å². The van der Waals surface area contributed by atoms with E-state index in [0.29, 0.717) is 17.8 Å². The molecule has 0 aliphatic carbocycles. The highest BCUT2D eigenvalue weighted by atomic mass is 19.1. The molecular weight excluding hydrogens is 561 g/mol. The molecule has 1 aromatic heterocycles. The largest absolute Gasteiger partial charge is 0.360 e. The van der Waals surface area contributed by atoms with Gasteiger partial charge in [-0.15, -0.1) is 0 Å². The predicted octanol–water partition coefficient (Wildman–Crippen LogP) is 5.08. The Hall–Kier alpha value is -5.12. The Morgan fingerprint density at radius 2 is 1.55 bits per heavy atom. The molecule has 10 heteroatoms. The van der Waals surface area contributed by atoms with E-state index in [1.54, 1.807) is 29.2 Å². The summed E-state index contributed by atoms with van der Waals surface area (Å²) in [6.07, 6.45) is 1.81. The average molecular weight is 594 g/mol. The van der Waals surface area contributed by atoms with Gasteiger partial charge in [0.05, 0.1) is 22.3 Å². The van der Waals surface area contributed by atoms with Crippen LogP contribution >= 0.6 is 0 Å². The van der Waals surface area contributed by atoms with Gasteiger partial charge in [-0.1, -0.05) is 50.2 Å².